The van der Waals surface area contributed by atoms with Crippen molar-refractivity contribution in [2.24, 2.45) is 16.7 Å². The first-order valence-electron chi connectivity index (χ1n) is 13.0. The minimum absolute atomic E-state index is 0.00419. The Hall–Kier alpha value is -1.20. The van der Waals surface area contributed by atoms with Crippen LogP contribution in [0.3, 0.4) is 0 Å². The maximum absolute atomic E-state index is 13.9. The smallest absolute Gasteiger partial charge is 0.155 e. The van der Waals surface area contributed by atoms with Crippen LogP contribution in [0.1, 0.15) is 110 Å². The van der Waals surface area contributed by atoms with Crippen molar-refractivity contribution in [2.45, 2.75) is 109 Å². The standard InChI is InChI=1S/C29H46O4S/c1-21(22-10-12-23(13-11-22)26(2,3)4)24-9-8-14-29(25(24)31)17-15-28(19-30,16-18-29)20-34(32,33)27(5,6)7/h10-13,21,24,30H,8-9,14-20H2,1-7H3. The Kier molecular flexibility index (Phi) is 7.53. The molecule has 2 aliphatic carbocycles. The van der Waals surface area contributed by atoms with Crippen LogP contribution in [-0.2, 0) is 20.0 Å². The molecule has 3 rings (SSSR count). The second kappa shape index (κ2) is 9.35. The molecule has 2 atom stereocenters. The van der Waals surface area contributed by atoms with E-state index in [0.29, 0.717) is 31.5 Å². The van der Waals surface area contributed by atoms with Gasteiger partial charge >= 0.3 is 0 Å². The number of ketones is 1. The van der Waals surface area contributed by atoms with Gasteiger partial charge in [-0.15, -0.1) is 0 Å². The van der Waals surface area contributed by atoms with E-state index in [1.165, 1.54) is 11.1 Å². The molecule has 2 fully saturated rings. The molecule has 1 spiro atoms. The lowest BCUT2D eigenvalue weighted by Gasteiger charge is -2.49. The van der Waals surface area contributed by atoms with Gasteiger partial charge in [0.2, 0.25) is 0 Å². The van der Waals surface area contributed by atoms with Crippen LogP contribution >= 0.6 is 0 Å². The summed E-state index contributed by atoms with van der Waals surface area (Å²) in [7, 11) is -3.34. The molecule has 0 aliphatic heterocycles. The molecule has 2 unspecified atom stereocenters. The molecule has 0 amide bonds. The van der Waals surface area contributed by atoms with E-state index in [2.05, 4.69) is 52.0 Å². The lowest BCUT2D eigenvalue weighted by atomic mass is 9.55. The average Bonchev–Trinajstić information content (AvgIpc) is 2.75. The molecule has 0 saturated heterocycles. The summed E-state index contributed by atoms with van der Waals surface area (Å²) in [6.45, 7) is 13.9. The second-order valence-electron chi connectivity index (χ2n) is 13.3. The van der Waals surface area contributed by atoms with Crippen molar-refractivity contribution in [1.82, 2.24) is 0 Å². The Labute approximate surface area is 207 Å². The highest BCUT2D eigenvalue weighted by molar-refractivity contribution is 7.92. The Bertz CT molecular complexity index is 968. The Morgan fingerprint density at radius 1 is 0.971 bits per heavy atom. The Morgan fingerprint density at radius 2 is 1.53 bits per heavy atom. The van der Waals surface area contributed by atoms with Gasteiger partial charge < -0.3 is 5.11 Å². The third kappa shape index (κ3) is 5.31. The maximum atomic E-state index is 13.9. The molecule has 0 radical (unpaired) electrons. The number of carbonyl (C=O) groups excluding carboxylic acids is 1. The monoisotopic (exact) mass is 490 g/mol. The minimum atomic E-state index is -3.34. The molecule has 1 aromatic rings. The number of carbonyl (C=O) groups is 1. The number of aliphatic hydroxyl groups excluding tert-OH is 1. The van der Waals surface area contributed by atoms with Gasteiger partial charge in [-0.05, 0) is 81.8 Å². The lowest BCUT2D eigenvalue weighted by molar-refractivity contribution is -0.141. The summed E-state index contributed by atoms with van der Waals surface area (Å²) >= 11 is 0. The van der Waals surface area contributed by atoms with Gasteiger partial charge in [-0.2, -0.15) is 0 Å². The van der Waals surface area contributed by atoms with Gasteiger partial charge in [0.15, 0.2) is 9.84 Å². The summed E-state index contributed by atoms with van der Waals surface area (Å²) in [6.07, 6.45) is 5.44. The van der Waals surface area contributed by atoms with Crippen LogP contribution in [0, 0.1) is 16.7 Å². The van der Waals surface area contributed by atoms with E-state index in [-0.39, 0.29) is 35.0 Å². The van der Waals surface area contributed by atoms with Crippen LogP contribution in [0.15, 0.2) is 24.3 Å². The summed E-state index contributed by atoms with van der Waals surface area (Å²) < 4.78 is 25.0. The van der Waals surface area contributed by atoms with Crippen LogP contribution in [0.5, 0.6) is 0 Å². The van der Waals surface area contributed by atoms with Gasteiger partial charge in [-0.3, -0.25) is 4.79 Å². The molecule has 0 aromatic heterocycles. The normalized spacial score (nSPS) is 29.9. The summed E-state index contributed by atoms with van der Waals surface area (Å²) in [4.78, 5) is 13.9. The maximum Gasteiger partial charge on any atom is 0.155 e. The zero-order valence-corrected chi connectivity index (χ0v) is 23.2. The van der Waals surface area contributed by atoms with E-state index in [0.717, 1.165) is 19.3 Å². The third-order valence-corrected chi connectivity index (χ3v) is 11.8. The fraction of sp³-hybridized carbons (Fsp3) is 0.759. The fourth-order valence-corrected chi connectivity index (χ4v) is 7.65. The van der Waals surface area contributed by atoms with Crippen LogP contribution in [0.4, 0.5) is 0 Å². The van der Waals surface area contributed by atoms with Gasteiger partial charge in [-0.1, -0.05) is 58.4 Å². The molecule has 0 heterocycles. The van der Waals surface area contributed by atoms with Gasteiger partial charge in [0.05, 0.1) is 10.5 Å². The van der Waals surface area contributed by atoms with Gasteiger partial charge in [-0.25, -0.2) is 8.42 Å². The number of sulfone groups is 1. The molecule has 2 aliphatic rings. The summed E-state index contributed by atoms with van der Waals surface area (Å²) in [5.74, 6) is 0.555. The van der Waals surface area contributed by atoms with Crippen molar-refractivity contribution in [3.63, 3.8) is 0 Å². The number of hydrogen-bond donors (Lipinski definition) is 1. The number of benzene rings is 1. The molecule has 1 aromatic carbocycles. The number of Topliss-reactive ketones (excluding diaryl/α,β-unsaturated/α-hetero) is 1. The topological polar surface area (TPSA) is 71.4 Å². The highest BCUT2D eigenvalue weighted by Gasteiger charge is 2.52. The van der Waals surface area contributed by atoms with Gasteiger partial charge in [0.25, 0.3) is 0 Å². The highest BCUT2D eigenvalue weighted by Crippen LogP contribution is 2.54. The molecule has 192 valence electrons. The molecule has 5 heteroatoms. The van der Waals surface area contributed by atoms with Crippen LogP contribution < -0.4 is 0 Å². The fourth-order valence-electron chi connectivity index (χ4n) is 6.03. The zero-order valence-electron chi connectivity index (χ0n) is 22.4. The van der Waals surface area contributed by atoms with Crippen molar-refractivity contribution in [3.8, 4) is 0 Å². The first kappa shape index (κ1) is 27.4. The van der Waals surface area contributed by atoms with Crippen LogP contribution in [0.25, 0.3) is 0 Å². The zero-order chi connectivity index (χ0) is 25.6. The molecule has 1 N–H and O–H groups in total. The number of hydrogen-bond acceptors (Lipinski definition) is 4. The average molecular weight is 491 g/mol. The largest absolute Gasteiger partial charge is 0.396 e. The molecular weight excluding hydrogens is 444 g/mol. The van der Waals surface area contributed by atoms with E-state index in [1.54, 1.807) is 20.8 Å². The van der Waals surface area contributed by atoms with Crippen molar-refractivity contribution in [3.05, 3.63) is 35.4 Å². The molecule has 0 bridgehead atoms. The van der Waals surface area contributed by atoms with Crippen molar-refractivity contribution >= 4 is 15.6 Å². The third-order valence-electron chi connectivity index (χ3n) is 8.97. The van der Waals surface area contributed by atoms with E-state index in [9.17, 15) is 18.3 Å². The van der Waals surface area contributed by atoms with Crippen molar-refractivity contribution < 1.29 is 18.3 Å². The molecular formula is C29H46O4S. The Balaban J connectivity index is 1.76. The molecule has 34 heavy (non-hydrogen) atoms. The predicted octanol–water partition coefficient (Wildman–Crippen LogP) is 6.21. The summed E-state index contributed by atoms with van der Waals surface area (Å²) in [6, 6.07) is 8.77. The van der Waals surface area contributed by atoms with Gasteiger partial charge in [0, 0.05) is 23.4 Å². The summed E-state index contributed by atoms with van der Waals surface area (Å²) in [5.41, 5.74) is 1.65. The predicted molar refractivity (Wildman–Crippen MR) is 140 cm³/mol. The van der Waals surface area contributed by atoms with E-state index in [1.807, 2.05) is 0 Å². The second-order valence-corrected chi connectivity index (χ2v) is 16.1. The quantitative estimate of drug-likeness (QED) is 0.533. The van der Waals surface area contributed by atoms with Crippen LogP contribution in [-0.4, -0.2) is 36.4 Å². The number of rotatable bonds is 5. The summed E-state index contributed by atoms with van der Waals surface area (Å²) in [5, 5.41) is 10.2. The molecule has 2 saturated carbocycles. The van der Waals surface area contributed by atoms with Crippen LogP contribution in [0.2, 0.25) is 0 Å². The van der Waals surface area contributed by atoms with Crippen molar-refractivity contribution in [1.29, 1.82) is 0 Å². The van der Waals surface area contributed by atoms with E-state index in [4.69, 9.17) is 0 Å². The van der Waals surface area contributed by atoms with E-state index >= 15 is 0 Å². The van der Waals surface area contributed by atoms with Crippen molar-refractivity contribution in [2.75, 3.05) is 12.4 Å². The van der Waals surface area contributed by atoms with E-state index < -0.39 is 20.0 Å². The SMILES string of the molecule is CC(c1ccc(C(C)(C)C)cc1)C1CCCC2(CCC(CO)(CS(=O)(=O)C(C)(C)C)CC2)C1=O. The highest BCUT2D eigenvalue weighted by atomic mass is 32.2. The molecule has 4 nitrogen and oxygen atoms in total. The van der Waals surface area contributed by atoms with Gasteiger partial charge in [0.1, 0.15) is 5.78 Å². The minimum Gasteiger partial charge on any atom is -0.396 e. The lowest BCUT2D eigenvalue weighted by Crippen LogP contribution is -2.49. The Morgan fingerprint density at radius 3 is 2.00 bits per heavy atom. The number of aliphatic hydroxyl groups is 1. The first-order chi connectivity index (χ1) is 15.6. The first-order valence-corrected chi connectivity index (χ1v) is 14.7.